The van der Waals surface area contributed by atoms with Crippen molar-refractivity contribution in [2.24, 2.45) is 0 Å². The van der Waals surface area contributed by atoms with E-state index in [1.165, 1.54) is 0 Å². The van der Waals surface area contributed by atoms with Gasteiger partial charge in [-0.3, -0.25) is 14.4 Å². The van der Waals surface area contributed by atoms with Gasteiger partial charge < -0.3 is 35.0 Å². The monoisotopic (exact) mass is 612 g/mol. The molecule has 3 aromatic rings. The first-order valence-electron chi connectivity index (χ1n) is 15.2. The molecule has 2 aliphatic rings. The van der Waals surface area contributed by atoms with Gasteiger partial charge in [0, 0.05) is 86.2 Å². The minimum atomic E-state index is -0.517. The molecular weight excluding hydrogens is 572 g/mol. The van der Waals surface area contributed by atoms with Gasteiger partial charge >= 0.3 is 6.09 Å². The Morgan fingerprint density at radius 3 is 1.40 bits per heavy atom. The molecule has 5 rings (SSSR count). The molecule has 45 heavy (non-hydrogen) atoms. The lowest BCUT2D eigenvalue weighted by Gasteiger charge is -2.36. The van der Waals surface area contributed by atoms with Crippen molar-refractivity contribution in [2.75, 3.05) is 72.8 Å². The number of piperazine rings is 2. The van der Waals surface area contributed by atoms with Gasteiger partial charge in [0.1, 0.15) is 5.60 Å². The van der Waals surface area contributed by atoms with E-state index in [4.69, 9.17) is 4.74 Å². The fraction of sp³-hybridized carbons (Fsp3) is 0.353. The second-order valence-corrected chi connectivity index (χ2v) is 12.2. The molecule has 236 valence electrons. The Morgan fingerprint density at radius 2 is 1.02 bits per heavy atom. The number of nitrogens with zero attached hydrogens (tertiary/aromatic N) is 4. The first-order chi connectivity index (χ1) is 21.6. The first-order valence-corrected chi connectivity index (χ1v) is 15.2. The SMILES string of the molecule is CC(C)(C)OC(=O)N1CCN(c2ccc(NC(=O)c3ccc(C(=O)Nc4ccc(N5CCN(C=O)CC5)cc4)cc3)cc2)CC1. The molecule has 0 bridgehead atoms. The number of hydrogen-bond acceptors (Lipinski definition) is 7. The van der Waals surface area contributed by atoms with E-state index in [2.05, 4.69) is 20.4 Å². The van der Waals surface area contributed by atoms with Gasteiger partial charge in [0.25, 0.3) is 11.8 Å². The van der Waals surface area contributed by atoms with Gasteiger partial charge in [-0.05, 0) is 93.6 Å². The number of nitrogens with one attached hydrogen (secondary N) is 2. The van der Waals surface area contributed by atoms with Gasteiger partial charge in [0.2, 0.25) is 6.41 Å². The largest absolute Gasteiger partial charge is 0.444 e. The molecule has 2 fully saturated rings. The summed E-state index contributed by atoms with van der Waals surface area (Å²) in [6, 6.07) is 21.8. The Labute approximate surface area is 263 Å². The summed E-state index contributed by atoms with van der Waals surface area (Å²) < 4.78 is 5.47. The second-order valence-electron chi connectivity index (χ2n) is 12.2. The van der Waals surface area contributed by atoms with Gasteiger partial charge in [-0.25, -0.2) is 4.79 Å². The van der Waals surface area contributed by atoms with Gasteiger partial charge in [-0.15, -0.1) is 0 Å². The molecule has 11 nitrogen and oxygen atoms in total. The molecule has 4 amide bonds. The van der Waals surface area contributed by atoms with Gasteiger partial charge in [-0.2, -0.15) is 0 Å². The highest BCUT2D eigenvalue weighted by Gasteiger charge is 2.26. The molecular formula is C34H40N6O5. The average molecular weight is 613 g/mol. The topological polar surface area (TPSA) is 115 Å². The molecule has 2 aliphatic heterocycles. The van der Waals surface area contributed by atoms with E-state index in [9.17, 15) is 19.2 Å². The molecule has 2 heterocycles. The molecule has 11 heteroatoms. The van der Waals surface area contributed by atoms with Crippen LogP contribution < -0.4 is 20.4 Å². The Kier molecular flexibility index (Phi) is 9.56. The fourth-order valence-corrected chi connectivity index (χ4v) is 5.25. The maximum absolute atomic E-state index is 12.9. The van der Waals surface area contributed by atoms with Crippen LogP contribution in [-0.4, -0.2) is 92.1 Å². The summed E-state index contributed by atoms with van der Waals surface area (Å²) in [4.78, 5) is 56.9. The molecule has 0 aromatic heterocycles. The predicted molar refractivity (Wildman–Crippen MR) is 175 cm³/mol. The van der Waals surface area contributed by atoms with Crippen molar-refractivity contribution in [1.82, 2.24) is 9.80 Å². The number of hydrogen-bond donors (Lipinski definition) is 2. The summed E-state index contributed by atoms with van der Waals surface area (Å²) in [7, 11) is 0. The number of carbonyl (C=O) groups excluding carboxylic acids is 4. The highest BCUT2D eigenvalue weighted by atomic mass is 16.6. The Balaban J connectivity index is 1.09. The molecule has 2 saturated heterocycles. The van der Waals surface area contributed by atoms with Crippen LogP contribution in [0.2, 0.25) is 0 Å². The summed E-state index contributed by atoms with van der Waals surface area (Å²) in [6.45, 7) is 11.1. The minimum Gasteiger partial charge on any atom is -0.444 e. The number of anilines is 4. The van der Waals surface area contributed by atoms with E-state index in [0.717, 1.165) is 30.9 Å². The van der Waals surface area contributed by atoms with Crippen molar-refractivity contribution in [2.45, 2.75) is 26.4 Å². The van der Waals surface area contributed by atoms with Crippen molar-refractivity contribution < 1.29 is 23.9 Å². The van der Waals surface area contributed by atoms with E-state index in [0.29, 0.717) is 61.8 Å². The van der Waals surface area contributed by atoms with E-state index < -0.39 is 5.60 Å². The molecule has 2 N–H and O–H groups in total. The number of ether oxygens (including phenoxy) is 1. The van der Waals surface area contributed by atoms with E-state index >= 15 is 0 Å². The van der Waals surface area contributed by atoms with Gasteiger partial charge in [-0.1, -0.05) is 0 Å². The molecule has 0 aliphatic carbocycles. The molecule has 0 spiro atoms. The lowest BCUT2D eigenvalue weighted by Crippen LogP contribution is -2.50. The smallest absolute Gasteiger partial charge is 0.410 e. The molecule has 0 radical (unpaired) electrons. The summed E-state index contributed by atoms with van der Waals surface area (Å²) in [5.74, 6) is -0.540. The predicted octanol–water partition coefficient (Wildman–Crippen LogP) is 4.53. The highest BCUT2D eigenvalue weighted by Crippen LogP contribution is 2.22. The second kappa shape index (κ2) is 13.7. The van der Waals surface area contributed by atoms with Crippen molar-refractivity contribution in [1.29, 1.82) is 0 Å². The third-order valence-electron chi connectivity index (χ3n) is 7.78. The molecule has 0 saturated carbocycles. The number of benzene rings is 3. The minimum absolute atomic E-state index is 0.267. The number of amides is 4. The van der Waals surface area contributed by atoms with E-state index in [1.54, 1.807) is 34.1 Å². The van der Waals surface area contributed by atoms with Crippen LogP contribution in [0.3, 0.4) is 0 Å². The van der Waals surface area contributed by atoms with Gasteiger partial charge in [0.05, 0.1) is 0 Å². The summed E-state index contributed by atoms with van der Waals surface area (Å²) in [5, 5.41) is 5.81. The van der Waals surface area contributed by atoms with Crippen LogP contribution in [0.15, 0.2) is 72.8 Å². The van der Waals surface area contributed by atoms with Crippen LogP contribution in [0.4, 0.5) is 27.5 Å². The zero-order valence-electron chi connectivity index (χ0n) is 26.0. The first kappa shape index (κ1) is 31.4. The van der Waals surface area contributed by atoms with E-state index in [-0.39, 0.29) is 17.9 Å². The van der Waals surface area contributed by atoms with Crippen LogP contribution in [-0.2, 0) is 9.53 Å². The van der Waals surface area contributed by atoms with E-state index in [1.807, 2.05) is 69.3 Å². The quantitative estimate of drug-likeness (QED) is 0.377. The van der Waals surface area contributed by atoms with Crippen LogP contribution in [0, 0.1) is 0 Å². The molecule has 0 atom stereocenters. The maximum Gasteiger partial charge on any atom is 0.410 e. The van der Waals surface area contributed by atoms with Crippen molar-refractivity contribution in [3.8, 4) is 0 Å². The average Bonchev–Trinajstić information content (AvgIpc) is 3.05. The lowest BCUT2D eigenvalue weighted by molar-refractivity contribution is -0.118. The standard InChI is InChI=1S/C34H40N6O5/c1-34(2,3)45-33(44)40-22-20-39(21-23-40)30-14-10-28(11-15-30)36-32(43)26-6-4-25(5-7-26)31(42)35-27-8-12-29(13-9-27)38-18-16-37(24-41)17-19-38/h4-15,24H,16-23H2,1-3H3,(H,35,42)(H,36,43). The number of carbonyl (C=O) groups is 4. The van der Waals surface area contributed by atoms with Crippen molar-refractivity contribution >= 4 is 47.1 Å². The molecule has 3 aromatic carbocycles. The van der Waals surface area contributed by atoms with Crippen LogP contribution in [0.1, 0.15) is 41.5 Å². The zero-order valence-corrected chi connectivity index (χ0v) is 26.0. The number of rotatable bonds is 7. The lowest BCUT2D eigenvalue weighted by atomic mass is 10.1. The zero-order chi connectivity index (χ0) is 32.0. The summed E-state index contributed by atoms with van der Waals surface area (Å²) in [5.41, 5.74) is 3.75. The third-order valence-corrected chi connectivity index (χ3v) is 7.78. The third kappa shape index (κ3) is 8.31. The van der Waals surface area contributed by atoms with Crippen molar-refractivity contribution in [3.63, 3.8) is 0 Å². The van der Waals surface area contributed by atoms with Crippen LogP contribution in [0.25, 0.3) is 0 Å². The maximum atomic E-state index is 12.9. The Morgan fingerprint density at radius 1 is 0.622 bits per heavy atom. The molecule has 0 unspecified atom stereocenters. The fourth-order valence-electron chi connectivity index (χ4n) is 5.25. The Hall–Kier alpha value is -5.06. The summed E-state index contributed by atoms with van der Waals surface area (Å²) in [6.07, 6.45) is 0.595. The highest BCUT2D eigenvalue weighted by molar-refractivity contribution is 6.07. The van der Waals surface area contributed by atoms with Crippen LogP contribution in [0.5, 0.6) is 0 Å². The van der Waals surface area contributed by atoms with Gasteiger partial charge in [0.15, 0.2) is 0 Å². The van der Waals surface area contributed by atoms with Crippen molar-refractivity contribution in [3.05, 3.63) is 83.9 Å². The summed E-state index contributed by atoms with van der Waals surface area (Å²) >= 11 is 0. The van der Waals surface area contributed by atoms with Crippen LogP contribution >= 0.6 is 0 Å². The normalized spacial score (nSPS) is 15.4. The Bertz CT molecular complexity index is 1490.